The Kier molecular flexibility index (Phi) is 52.6. The summed E-state index contributed by atoms with van der Waals surface area (Å²) in [5.74, 6) is -0.843. The largest absolute Gasteiger partial charge is 0.481 e. The fraction of sp³-hybridized carbons (Fsp3) is 0.527. The van der Waals surface area contributed by atoms with Crippen LogP contribution < -0.4 is 41.5 Å². The van der Waals surface area contributed by atoms with E-state index in [4.69, 9.17) is 46.5 Å². The Hall–Kier alpha value is -7.34. The molecule has 1 N–H and O–H groups in total. The van der Waals surface area contributed by atoms with Crippen LogP contribution in [-0.4, -0.2) is 142 Å². The fourth-order valence-corrected chi connectivity index (χ4v) is 36.3. The van der Waals surface area contributed by atoms with Gasteiger partial charge in [0, 0.05) is 58.9 Å². The van der Waals surface area contributed by atoms with Crippen molar-refractivity contribution in [1.29, 1.82) is 0 Å². The van der Waals surface area contributed by atoms with Crippen molar-refractivity contribution in [3.8, 4) is 0 Å². The number of carboxylic acid groups (broad SMARTS) is 1. The van der Waals surface area contributed by atoms with Crippen molar-refractivity contribution in [2.45, 2.75) is 309 Å². The van der Waals surface area contributed by atoms with Crippen molar-refractivity contribution in [3.63, 3.8) is 0 Å². The van der Waals surface area contributed by atoms with E-state index < -0.39 is 39.2 Å². The van der Waals surface area contributed by atoms with Gasteiger partial charge in [0.1, 0.15) is 6.29 Å². The Bertz CT molecular complexity index is 4040. The van der Waals surface area contributed by atoms with Gasteiger partial charge in [-0.05, 0) is 139 Å². The van der Waals surface area contributed by atoms with Gasteiger partial charge < -0.3 is 51.3 Å². The van der Waals surface area contributed by atoms with Gasteiger partial charge in [0.25, 0.3) is 33.3 Å². The zero-order chi connectivity index (χ0) is 93.3. The number of carbonyl (C=O) groups is 3. The number of methoxy groups -OCH3 is 1. The molecule has 0 aliphatic heterocycles. The Morgan fingerprint density at radius 1 is 0.295 bits per heavy atom. The van der Waals surface area contributed by atoms with Crippen LogP contribution in [0.15, 0.2) is 255 Å². The summed E-state index contributed by atoms with van der Waals surface area (Å²) in [6.45, 7) is 36.0. The van der Waals surface area contributed by atoms with Crippen LogP contribution in [0, 0.1) is 0 Å². The monoisotopic (exact) mass is 1830 g/mol. The minimum absolute atomic E-state index is 0.0154. The van der Waals surface area contributed by atoms with Crippen molar-refractivity contribution in [1.82, 2.24) is 0 Å². The van der Waals surface area contributed by atoms with Crippen molar-refractivity contribution >= 4 is 93.0 Å². The SMILES string of the molecule is CC(C)(C)[Si](OCCCCCCOCC(COCCCCCCCCC=O)O[Si](c1ccccc1)(c1ccccc1)C(C)(C)C)(c1ccccc1)c1ccccc1.CCC(=O)O.COC(=O)CCCCCC/C=C\CCCCCCCCOCC(COCCCCCCO[Si](c1ccccc1)(c1ccccc1)C(C)(C)C)O[Si](c1ccccc1)(c1ccccc1)C(C)(C)C. The first-order valence-electron chi connectivity index (χ1n) is 49.0. The fourth-order valence-electron chi connectivity index (χ4n) is 17.8. The molecule has 129 heavy (non-hydrogen) atoms. The third kappa shape index (κ3) is 37.2. The first-order valence-corrected chi connectivity index (χ1v) is 56.7. The van der Waals surface area contributed by atoms with E-state index in [1.54, 1.807) is 6.92 Å². The lowest BCUT2D eigenvalue weighted by Crippen LogP contribution is -2.68. The Morgan fingerprint density at radius 3 is 0.713 bits per heavy atom. The Morgan fingerprint density at radius 2 is 0.496 bits per heavy atom. The number of rotatable bonds is 62. The number of carboxylic acids is 1. The summed E-state index contributed by atoms with van der Waals surface area (Å²) in [6, 6.07) is 87.3. The summed E-state index contributed by atoms with van der Waals surface area (Å²) in [6.07, 6.45) is 35.9. The number of aldehydes is 1. The number of ether oxygens (including phenoxy) is 5. The molecule has 0 heterocycles. The van der Waals surface area contributed by atoms with E-state index >= 15 is 0 Å². The van der Waals surface area contributed by atoms with Crippen LogP contribution >= 0.6 is 0 Å². The standard InChI is InChI=1S/C59H88O6Si2.C50H72O5Si2.C3H6O2/c1-58(2,3)66(53-38-26-22-27-39-53,54-40-28-23-29-41-54)64-49-37-21-20-36-48-63-51-52(65-67(59(4,5)6,55-42-30-24-31-43-55)56-44-32-25-33-45-56)50-62-47-35-19-17-15-13-11-9-8-10-12-14-16-18-34-46-57(60)61-7;1-49(2,3)56(45-30-18-14-19-31-45,46-32-20-15-21-33-46)54-41-29-13-12-28-40-53-43-44(42-52-39-27-11-9-7-8-10-26-38-51)55-57(50(4,5)6,47-34-22-16-23-35-47)48-36-24-17-25-37-48;1-2-3(4)5/h8,10,22-33,38-45,52H,9,11-21,34-37,46-51H2,1-7H3;14-25,30-38,44H,7-13,26-29,39-43H2,1-6H3;2H2,1H3,(H,4,5)/b10-8-;;. The first-order chi connectivity index (χ1) is 62.3. The molecule has 13 nitrogen and oxygen atoms in total. The van der Waals surface area contributed by atoms with Gasteiger partial charge in [0.05, 0.1) is 45.7 Å². The van der Waals surface area contributed by atoms with Crippen LogP contribution in [0.2, 0.25) is 20.2 Å². The van der Waals surface area contributed by atoms with E-state index in [0.717, 1.165) is 129 Å². The Labute approximate surface area is 785 Å². The predicted octanol–water partition coefficient (Wildman–Crippen LogP) is 23.4. The zero-order valence-electron chi connectivity index (χ0n) is 81.9. The maximum atomic E-state index is 11.2. The molecule has 0 saturated carbocycles. The third-order valence-corrected chi connectivity index (χ3v) is 44.8. The molecular formula is C112H166O13Si4. The molecule has 0 spiro atoms. The quantitative estimate of drug-likeness (QED) is 0.0127. The average molecular weight is 1830 g/mol. The molecule has 0 radical (unpaired) electrons. The van der Waals surface area contributed by atoms with Gasteiger partial charge >= 0.3 is 11.9 Å². The smallest absolute Gasteiger partial charge is 0.305 e. The van der Waals surface area contributed by atoms with E-state index in [1.807, 2.05) is 0 Å². The van der Waals surface area contributed by atoms with Gasteiger partial charge in [-0.1, -0.05) is 435 Å². The van der Waals surface area contributed by atoms with Crippen LogP contribution in [0.25, 0.3) is 0 Å². The second-order valence-corrected chi connectivity index (χ2v) is 55.8. The summed E-state index contributed by atoms with van der Waals surface area (Å²) in [7, 11) is -9.13. The molecule has 8 aromatic rings. The molecule has 2 atom stereocenters. The number of hydrogen-bond acceptors (Lipinski definition) is 12. The lowest BCUT2D eigenvalue weighted by molar-refractivity contribution is -0.140. The highest BCUT2D eigenvalue weighted by molar-refractivity contribution is 7.01. The van der Waals surface area contributed by atoms with E-state index in [1.165, 1.54) is 113 Å². The molecule has 17 heteroatoms. The minimum atomic E-state index is -2.79. The van der Waals surface area contributed by atoms with Crippen LogP contribution in [0.5, 0.6) is 0 Å². The maximum absolute atomic E-state index is 11.2. The normalized spacial score (nSPS) is 12.8. The number of esters is 1. The lowest BCUT2D eigenvalue weighted by atomic mass is 10.1. The van der Waals surface area contributed by atoms with Crippen LogP contribution in [0.4, 0.5) is 0 Å². The molecule has 0 aliphatic carbocycles. The second-order valence-electron chi connectivity index (χ2n) is 38.7. The van der Waals surface area contributed by atoms with Gasteiger partial charge in [-0.2, -0.15) is 0 Å². The molecule has 0 fully saturated rings. The zero-order valence-corrected chi connectivity index (χ0v) is 85.9. The number of carbonyl (C=O) groups excluding carboxylic acids is 2. The molecule has 8 aromatic carbocycles. The van der Waals surface area contributed by atoms with Gasteiger partial charge in [0.2, 0.25) is 0 Å². The molecule has 0 aromatic heterocycles. The van der Waals surface area contributed by atoms with Crippen LogP contribution in [0.1, 0.15) is 276 Å². The minimum Gasteiger partial charge on any atom is -0.481 e. The van der Waals surface area contributed by atoms with E-state index in [0.29, 0.717) is 59.1 Å². The highest BCUT2D eigenvalue weighted by Gasteiger charge is 2.55. The summed E-state index contributed by atoms with van der Waals surface area (Å²) >= 11 is 0. The van der Waals surface area contributed by atoms with Crippen molar-refractivity contribution in [3.05, 3.63) is 255 Å². The Balaban J connectivity index is 0.000000382. The maximum Gasteiger partial charge on any atom is 0.305 e. The highest BCUT2D eigenvalue weighted by Crippen LogP contribution is 2.42. The van der Waals surface area contributed by atoms with E-state index in [-0.39, 0.29) is 44.8 Å². The number of allylic oxidation sites excluding steroid dienone is 2. The summed E-state index contributed by atoms with van der Waals surface area (Å²) in [5.41, 5.74) is 0. The van der Waals surface area contributed by atoms with Crippen LogP contribution in [-0.2, 0) is 55.8 Å². The van der Waals surface area contributed by atoms with Crippen LogP contribution in [0.3, 0.4) is 0 Å². The average Bonchev–Trinajstić information content (AvgIpc) is 0.779. The highest BCUT2D eigenvalue weighted by atomic mass is 28.4. The number of benzene rings is 8. The van der Waals surface area contributed by atoms with E-state index in [9.17, 15) is 14.4 Å². The molecule has 2 unspecified atom stereocenters. The van der Waals surface area contributed by atoms with Crippen molar-refractivity contribution in [2.24, 2.45) is 0 Å². The predicted molar refractivity (Wildman–Crippen MR) is 550 cm³/mol. The van der Waals surface area contributed by atoms with Crippen molar-refractivity contribution in [2.75, 3.05) is 73.2 Å². The molecule has 708 valence electrons. The topological polar surface area (TPSA) is 155 Å². The lowest BCUT2D eigenvalue weighted by Gasteiger charge is -2.45. The summed E-state index contributed by atoms with van der Waals surface area (Å²) in [5, 5.41) is 17.8. The summed E-state index contributed by atoms with van der Waals surface area (Å²) in [4.78, 5) is 31.2. The summed E-state index contributed by atoms with van der Waals surface area (Å²) < 4.78 is 59.9. The van der Waals surface area contributed by atoms with Gasteiger partial charge in [-0.3, -0.25) is 9.59 Å². The molecule has 0 aliphatic rings. The molecule has 0 amide bonds. The number of unbranched alkanes of at least 4 members (excludes halogenated alkanes) is 22. The van der Waals surface area contributed by atoms with Gasteiger partial charge in [-0.15, -0.1) is 0 Å². The second kappa shape index (κ2) is 61.5. The molecule has 0 bridgehead atoms. The van der Waals surface area contributed by atoms with Crippen molar-refractivity contribution < 1.29 is 60.9 Å². The molecule has 0 saturated heterocycles. The number of hydrogen-bond donors (Lipinski definition) is 1. The first kappa shape index (κ1) is 110. The van der Waals surface area contributed by atoms with Gasteiger partial charge in [-0.25, -0.2) is 0 Å². The third-order valence-electron chi connectivity index (χ3n) is 24.5. The molecular weight excluding hydrogens is 1670 g/mol. The molecule has 8 rings (SSSR count). The van der Waals surface area contributed by atoms with Gasteiger partial charge in [0.15, 0.2) is 0 Å². The van der Waals surface area contributed by atoms with E-state index in [2.05, 4.69) is 338 Å². The number of aliphatic carboxylic acids is 1.